The van der Waals surface area contributed by atoms with Gasteiger partial charge in [-0.3, -0.25) is 4.79 Å². The predicted octanol–water partition coefficient (Wildman–Crippen LogP) is 2.40. The molecule has 0 spiro atoms. The molecule has 4 N–H and O–H groups in total. The Morgan fingerprint density at radius 1 is 0.941 bits per heavy atom. The molecule has 1 heterocycles. The molecule has 10 nitrogen and oxygen atoms in total. The Labute approximate surface area is 202 Å². The molecule has 2 aromatic rings. The average Bonchev–Trinajstić information content (AvgIpc) is 2.81. The number of benzene rings is 2. The second-order valence-electron chi connectivity index (χ2n) is 7.38. The number of carbonyl (C=O) groups excluding carboxylic acids is 1. The van der Waals surface area contributed by atoms with Gasteiger partial charge in [0.25, 0.3) is 0 Å². The van der Waals surface area contributed by atoms with E-state index in [0.29, 0.717) is 30.3 Å². The van der Waals surface area contributed by atoms with Crippen LogP contribution in [0.15, 0.2) is 53.4 Å². The van der Waals surface area contributed by atoms with Crippen LogP contribution in [-0.4, -0.2) is 60.4 Å². The molecule has 1 aliphatic rings. The van der Waals surface area contributed by atoms with E-state index in [1.165, 1.54) is 10.4 Å². The van der Waals surface area contributed by atoms with E-state index >= 15 is 0 Å². The molecule has 0 saturated carbocycles. The number of carbonyl (C=O) groups is 3. The van der Waals surface area contributed by atoms with Crippen molar-refractivity contribution in [2.24, 2.45) is 0 Å². The van der Waals surface area contributed by atoms with Gasteiger partial charge in [-0.05, 0) is 48.7 Å². The fraction of sp³-hybridized carbons (Fsp3) is 0.318. The number of rotatable bonds is 7. The van der Waals surface area contributed by atoms with E-state index in [1.807, 2.05) is 12.1 Å². The van der Waals surface area contributed by atoms with Crippen LogP contribution in [0.4, 0.5) is 5.69 Å². The number of anilines is 1. The molecule has 0 atom stereocenters. The van der Waals surface area contributed by atoms with Crippen LogP contribution >= 0.6 is 11.6 Å². The number of hydrogen-bond donors (Lipinski definition) is 4. The fourth-order valence-electron chi connectivity index (χ4n) is 3.12. The molecule has 1 amide bonds. The van der Waals surface area contributed by atoms with Crippen LogP contribution in [0, 0.1) is 0 Å². The maximum absolute atomic E-state index is 12.8. The Morgan fingerprint density at radius 2 is 1.56 bits per heavy atom. The second kappa shape index (κ2) is 13.0. The highest BCUT2D eigenvalue weighted by molar-refractivity contribution is 7.89. The smallest absolute Gasteiger partial charge is 0.414 e. The van der Waals surface area contributed by atoms with Crippen molar-refractivity contribution in [1.29, 1.82) is 0 Å². The van der Waals surface area contributed by atoms with E-state index in [1.54, 1.807) is 30.3 Å². The van der Waals surface area contributed by atoms with Gasteiger partial charge in [-0.25, -0.2) is 18.0 Å². The largest absolute Gasteiger partial charge is 0.473 e. The quantitative estimate of drug-likeness (QED) is 0.413. The molecule has 34 heavy (non-hydrogen) atoms. The molecule has 0 aromatic heterocycles. The number of nitrogens with zero attached hydrogens (tertiary/aromatic N) is 1. The first-order valence-electron chi connectivity index (χ1n) is 10.4. The van der Waals surface area contributed by atoms with Gasteiger partial charge in [-0.2, -0.15) is 4.31 Å². The van der Waals surface area contributed by atoms with Crippen molar-refractivity contribution >= 4 is 45.2 Å². The highest BCUT2D eigenvalue weighted by Gasteiger charge is 2.26. The molecule has 0 aliphatic carbocycles. The van der Waals surface area contributed by atoms with Gasteiger partial charge < -0.3 is 20.8 Å². The monoisotopic (exact) mass is 511 g/mol. The van der Waals surface area contributed by atoms with Gasteiger partial charge >= 0.3 is 11.9 Å². The van der Waals surface area contributed by atoms with E-state index in [9.17, 15) is 13.2 Å². The minimum Gasteiger partial charge on any atom is -0.473 e. The Kier molecular flexibility index (Phi) is 10.5. The standard InChI is InChI=1S/C20H24ClN3O3S.C2H2O4/c21-17-9-7-16(8-10-17)14-22-15-20(25)23-18-5-4-6-19(13-18)28(26,27)24-11-2-1-3-12-24;3-1(4)2(5)6/h4-10,13,22H,1-3,11-12,14-15H2,(H,23,25);(H,3,4)(H,5,6). The number of nitrogens with one attached hydrogen (secondary N) is 2. The van der Waals surface area contributed by atoms with Gasteiger partial charge in [0.2, 0.25) is 15.9 Å². The van der Waals surface area contributed by atoms with E-state index in [-0.39, 0.29) is 17.3 Å². The number of amides is 1. The third-order valence-corrected chi connectivity index (χ3v) is 6.93. The Bertz CT molecular complexity index is 1090. The van der Waals surface area contributed by atoms with Crippen molar-refractivity contribution in [2.75, 3.05) is 25.0 Å². The fourth-order valence-corrected chi connectivity index (χ4v) is 4.81. The summed E-state index contributed by atoms with van der Waals surface area (Å²) >= 11 is 5.85. The summed E-state index contributed by atoms with van der Waals surface area (Å²) in [6.45, 7) is 1.75. The summed E-state index contributed by atoms with van der Waals surface area (Å²) in [5.74, 6) is -3.88. The minimum absolute atomic E-state index is 0.117. The number of sulfonamides is 1. The molecule has 0 unspecified atom stereocenters. The van der Waals surface area contributed by atoms with E-state index in [0.717, 1.165) is 24.8 Å². The molecule has 0 radical (unpaired) electrons. The van der Waals surface area contributed by atoms with Gasteiger partial charge in [-0.1, -0.05) is 36.2 Å². The third kappa shape index (κ3) is 8.75. The molecule has 3 rings (SSSR count). The van der Waals surface area contributed by atoms with Gasteiger partial charge in [-0.15, -0.1) is 0 Å². The molecule has 0 bridgehead atoms. The molecule has 2 aromatic carbocycles. The summed E-state index contributed by atoms with van der Waals surface area (Å²) in [6, 6.07) is 13.8. The zero-order chi connectivity index (χ0) is 25.1. The highest BCUT2D eigenvalue weighted by Crippen LogP contribution is 2.22. The number of carboxylic acids is 2. The van der Waals surface area contributed by atoms with Crippen LogP contribution in [0.25, 0.3) is 0 Å². The highest BCUT2D eigenvalue weighted by atomic mass is 35.5. The van der Waals surface area contributed by atoms with Crippen LogP contribution < -0.4 is 10.6 Å². The lowest BCUT2D eigenvalue weighted by atomic mass is 10.2. The van der Waals surface area contributed by atoms with Crippen molar-refractivity contribution in [3.8, 4) is 0 Å². The molecule has 1 fully saturated rings. The second-order valence-corrected chi connectivity index (χ2v) is 9.76. The average molecular weight is 512 g/mol. The van der Waals surface area contributed by atoms with Gasteiger partial charge in [0.15, 0.2) is 0 Å². The van der Waals surface area contributed by atoms with Gasteiger partial charge in [0.05, 0.1) is 11.4 Å². The SMILES string of the molecule is O=C(CNCc1ccc(Cl)cc1)Nc1cccc(S(=O)(=O)N2CCCCC2)c1.O=C(O)C(=O)O. The molecular weight excluding hydrogens is 486 g/mol. The van der Waals surface area contributed by atoms with Crippen molar-refractivity contribution < 1.29 is 33.0 Å². The number of halogens is 1. The first kappa shape index (κ1) is 27.3. The van der Waals surface area contributed by atoms with Crippen LogP contribution in [0.5, 0.6) is 0 Å². The van der Waals surface area contributed by atoms with Crippen LogP contribution in [0.3, 0.4) is 0 Å². The lowest BCUT2D eigenvalue weighted by Crippen LogP contribution is -2.35. The Hall–Kier alpha value is -2.99. The lowest BCUT2D eigenvalue weighted by Gasteiger charge is -2.26. The number of hydrogen-bond acceptors (Lipinski definition) is 6. The summed E-state index contributed by atoms with van der Waals surface area (Å²) in [4.78, 5) is 30.6. The van der Waals surface area contributed by atoms with E-state index in [4.69, 9.17) is 31.4 Å². The summed E-state index contributed by atoms with van der Waals surface area (Å²) in [6.07, 6.45) is 2.83. The first-order chi connectivity index (χ1) is 16.1. The zero-order valence-corrected chi connectivity index (χ0v) is 19.8. The summed E-state index contributed by atoms with van der Waals surface area (Å²) < 4.78 is 27.1. The predicted molar refractivity (Wildman–Crippen MR) is 126 cm³/mol. The molecule has 1 saturated heterocycles. The number of aliphatic carboxylic acids is 2. The third-order valence-electron chi connectivity index (χ3n) is 4.78. The van der Waals surface area contributed by atoms with E-state index in [2.05, 4.69) is 10.6 Å². The molecule has 184 valence electrons. The minimum atomic E-state index is -3.52. The lowest BCUT2D eigenvalue weighted by molar-refractivity contribution is -0.159. The molecule has 1 aliphatic heterocycles. The van der Waals surface area contributed by atoms with Crippen LogP contribution in [0.2, 0.25) is 5.02 Å². The summed E-state index contributed by atoms with van der Waals surface area (Å²) in [5, 5.41) is 21.3. The normalized spacial score (nSPS) is 13.9. The topological polar surface area (TPSA) is 153 Å². The van der Waals surface area contributed by atoms with Crippen molar-refractivity contribution in [2.45, 2.75) is 30.7 Å². The first-order valence-corrected chi connectivity index (χ1v) is 12.2. The van der Waals surface area contributed by atoms with Crippen molar-refractivity contribution in [1.82, 2.24) is 9.62 Å². The van der Waals surface area contributed by atoms with Gasteiger partial charge in [0.1, 0.15) is 0 Å². The van der Waals surface area contributed by atoms with Crippen molar-refractivity contribution in [3.63, 3.8) is 0 Å². The number of carboxylic acid groups (broad SMARTS) is 2. The molecule has 12 heteroatoms. The maximum Gasteiger partial charge on any atom is 0.414 e. The zero-order valence-electron chi connectivity index (χ0n) is 18.2. The summed E-state index contributed by atoms with van der Waals surface area (Å²) in [7, 11) is -3.52. The number of piperidine rings is 1. The van der Waals surface area contributed by atoms with Crippen LogP contribution in [0.1, 0.15) is 24.8 Å². The maximum atomic E-state index is 12.8. The van der Waals surface area contributed by atoms with Crippen molar-refractivity contribution in [3.05, 3.63) is 59.1 Å². The Morgan fingerprint density at radius 3 is 2.15 bits per heavy atom. The van der Waals surface area contributed by atoms with Gasteiger partial charge in [0, 0.05) is 30.3 Å². The summed E-state index contributed by atoms with van der Waals surface area (Å²) in [5.41, 5.74) is 1.49. The molecular formula is C22H26ClN3O7S. The Balaban J connectivity index is 0.000000604. The van der Waals surface area contributed by atoms with Crippen LogP contribution in [-0.2, 0) is 31.0 Å². The van der Waals surface area contributed by atoms with E-state index < -0.39 is 22.0 Å².